The lowest BCUT2D eigenvalue weighted by molar-refractivity contribution is -0.142. The lowest BCUT2D eigenvalue weighted by Crippen LogP contribution is -2.43. The molecule has 0 spiro atoms. The quantitative estimate of drug-likeness (QED) is 0.730. The van der Waals surface area contributed by atoms with Crippen molar-refractivity contribution < 1.29 is 19.4 Å². The van der Waals surface area contributed by atoms with Gasteiger partial charge in [-0.15, -0.1) is 0 Å². The van der Waals surface area contributed by atoms with Gasteiger partial charge >= 0.3 is 5.97 Å². The first-order valence-electron chi connectivity index (χ1n) is 7.12. The fourth-order valence-corrected chi connectivity index (χ4v) is 2.83. The molecule has 7 nitrogen and oxygen atoms in total. The summed E-state index contributed by atoms with van der Waals surface area (Å²) in [4.78, 5) is 32.0. The van der Waals surface area contributed by atoms with Crippen molar-refractivity contribution in [3.63, 3.8) is 0 Å². The van der Waals surface area contributed by atoms with E-state index in [0.29, 0.717) is 11.5 Å². The molecule has 0 bridgehead atoms. The van der Waals surface area contributed by atoms with E-state index in [0.717, 1.165) is 5.69 Å². The van der Waals surface area contributed by atoms with Gasteiger partial charge in [-0.3, -0.25) is 9.78 Å². The van der Waals surface area contributed by atoms with E-state index in [2.05, 4.69) is 15.3 Å². The van der Waals surface area contributed by atoms with Gasteiger partial charge in [-0.2, -0.15) is 11.8 Å². The van der Waals surface area contributed by atoms with Gasteiger partial charge in [0.15, 0.2) is 5.69 Å². The Labute approximate surface area is 143 Å². The summed E-state index contributed by atoms with van der Waals surface area (Å²) in [5.74, 6) is -0.546. The maximum absolute atomic E-state index is 12.2. The van der Waals surface area contributed by atoms with Crippen molar-refractivity contribution in [3.8, 4) is 5.75 Å². The molecule has 0 saturated heterocycles. The Morgan fingerprint density at radius 1 is 1.25 bits per heavy atom. The average molecular weight is 347 g/mol. The number of carbonyl (C=O) groups is 2. The third-order valence-electron chi connectivity index (χ3n) is 3.05. The van der Waals surface area contributed by atoms with Crippen LogP contribution < -0.4 is 5.32 Å². The van der Waals surface area contributed by atoms with Crippen LogP contribution in [-0.2, 0) is 15.3 Å². The molecule has 8 heteroatoms. The maximum Gasteiger partial charge on any atom is 0.329 e. The highest BCUT2D eigenvalue weighted by molar-refractivity contribution is 7.98. The standard InChI is InChI=1S/C16H17N3O4S/c1-23-16(22)12(10-24-9-11-5-2-3-7-17-11)19-15(21)14-13(20)6-4-8-18-14/h2-8,12,20H,9-10H2,1H3,(H,19,21). The molecular formula is C16H17N3O4S. The number of methoxy groups -OCH3 is 1. The summed E-state index contributed by atoms with van der Waals surface area (Å²) in [7, 11) is 1.25. The number of rotatable bonds is 7. The van der Waals surface area contributed by atoms with Crippen molar-refractivity contribution in [3.05, 3.63) is 54.1 Å². The van der Waals surface area contributed by atoms with E-state index in [1.54, 1.807) is 6.20 Å². The second-order valence-corrected chi connectivity index (χ2v) is 5.79. The number of amides is 1. The number of hydrogen-bond acceptors (Lipinski definition) is 7. The molecule has 1 atom stereocenters. The minimum Gasteiger partial charge on any atom is -0.505 e. The highest BCUT2D eigenvalue weighted by Crippen LogP contribution is 2.15. The third-order valence-corrected chi connectivity index (χ3v) is 4.12. The first-order chi connectivity index (χ1) is 11.6. The SMILES string of the molecule is COC(=O)C(CSCc1ccccn1)NC(=O)c1ncccc1O. The summed E-state index contributed by atoms with van der Waals surface area (Å²) in [6, 6.07) is 7.59. The number of pyridine rings is 2. The van der Waals surface area contributed by atoms with Gasteiger partial charge in [0, 0.05) is 23.9 Å². The lowest BCUT2D eigenvalue weighted by Gasteiger charge is -2.16. The number of thioether (sulfide) groups is 1. The smallest absolute Gasteiger partial charge is 0.329 e. The first-order valence-corrected chi connectivity index (χ1v) is 8.27. The molecule has 0 aromatic carbocycles. The van der Waals surface area contributed by atoms with Crippen LogP contribution in [0.15, 0.2) is 42.7 Å². The summed E-state index contributed by atoms with van der Waals surface area (Å²) in [5.41, 5.74) is 0.737. The number of esters is 1. The van der Waals surface area contributed by atoms with E-state index < -0.39 is 17.9 Å². The minimum atomic E-state index is -0.849. The summed E-state index contributed by atoms with van der Waals surface area (Å²) in [5, 5.41) is 12.2. The molecule has 2 aromatic rings. The monoisotopic (exact) mass is 347 g/mol. The van der Waals surface area contributed by atoms with Gasteiger partial charge in [0.1, 0.15) is 11.8 Å². The van der Waals surface area contributed by atoms with Crippen molar-refractivity contribution in [2.45, 2.75) is 11.8 Å². The van der Waals surface area contributed by atoms with E-state index in [1.165, 1.54) is 37.2 Å². The molecule has 0 fully saturated rings. The van der Waals surface area contributed by atoms with Crippen LogP contribution in [-0.4, -0.2) is 45.9 Å². The molecular weight excluding hydrogens is 330 g/mol. The molecule has 2 aromatic heterocycles. The Morgan fingerprint density at radius 2 is 2.04 bits per heavy atom. The van der Waals surface area contributed by atoms with Crippen molar-refractivity contribution >= 4 is 23.6 Å². The number of ether oxygens (including phenoxy) is 1. The normalized spacial score (nSPS) is 11.5. The zero-order chi connectivity index (χ0) is 17.4. The maximum atomic E-state index is 12.2. The Bertz CT molecular complexity index is 697. The van der Waals surface area contributed by atoms with Gasteiger partial charge in [0.2, 0.25) is 0 Å². The van der Waals surface area contributed by atoms with Gasteiger partial charge < -0.3 is 15.2 Å². The molecule has 0 aliphatic rings. The van der Waals surface area contributed by atoms with E-state index in [-0.39, 0.29) is 11.4 Å². The van der Waals surface area contributed by atoms with Crippen molar-refractivity contribution in [2.24, 2.45) is 0 Å². The van der Waals surface area contributed by atoms with Crippen LogP contribution in [0.3, 0.4) is 0 Å². The predicted molar refractivity (Wildman–Crippen MR) is 89.6 cm³/mol. The third kappa shape index (κ3) is 4.95. The Kier molecular flexibility index (Phi) is 6.56. The molecule has 2 N–H and O–H groups in total. The summed E-state index contributed by atoms with van der Waals surface area (Å²) in [6.45, 7) is 0. The van der Waals surface area contributed by atoms with E-state index in [4.69, 9.17) is 4.74 Å². The van der Waals surface area contributed by atoms with Crippen molar-refractivity contribution in [2.75, 3.05) is 12.9 Å². The predicted octanol–water partition coefficient (Wildman–Crippen LogP) is 1.39. The van der Waals surface area contributed by atoms with E-state index >= 15 is 0 Å². The molecule has 1 unspecified atom stereocenters. The van der Waals surface area contributed by atoms with Crippen LogP contribution in [0.25, 0.3) is 0 Å². The van der Waals surface area contributed by atoms with E-state index in [9.17, 15) is 14.7 Å². The van der Waals surface area contributed by atoms with Crippen LogP contribution in [0.2, 0.25) is 0 Å². The number of hydrogen-bond donors (Lipinski definition) is 2. The molecule has 126 valence electrons. The topological polar surface area (TPSA) is 101 Å². The van der Waals surface area contributed by atoms with E-state index in [1.807, 2.05) is 18.2 Å². The van der Waals surface area contributed by atoms with Gasteiger partial charge in [0.05, 0.1) is 12.8 Å². The number of aromatic nitrogens is 2. The highest BCUT2D eigenvalue weighted by atomic mass is 32.2. The summed E-state index contributed by atoms with van der Waals surface area (Å²) >= 11 is 1.44. The highest BCUT2D eigenvalue weighted by Gasteiger charge is 2.24. The Balaban J connectivity index is 1.97. The Hall–Kier alpha value is -2.61. The second kappa shape index (κ2) is 8.88. The molecule has 0 aliphatic carbocycles. The number of nitrogens with one attached hydrogen (secondary N) is 1. The molecule has 0 radical (unpaired) electrons. The molecule has 2 heterocycles. The van der Waals surface area contributed by atoms with Gasteiger partial charge in [-0.1, -0.05) is 6.07 Å². The summed E-state index contributed by atoms with van der Waals surface area (Å²) in [6.07, 6.45) is 3.08. The number of carbonyl (C=O) groups excluding carboxylic acids is 2. The zero-order valence-corrected chi connectivity index (χ0v) is 13.8. The van der Waals surface area contributed by atoms with Crippen LogP contribution >= 0.6 is 11.8 Å². The molecule has 1 amide bonds. The molecule has 2 rings (SSSR count). The minimum absolute atomic E-state index is 0.138. The zero-order valence-electron chi connectivity index (χ0n) is 13.0. The van der Waals surface area contributed by atoms with Crippen molar-refractivity contribution in [1.29, 1.82) is 0 Å². The fraction of sp³-hybridized carbons (Fsp3) is 0.250. The largest absolute Gasteiger partial charge is 0.505 e. The Morgan fingerprint density at radius 3 is 2.71 bits per heavy atom. The van der Waals surface area contributed by atoms with Crippen LogP contribution in [0, 0.1) is 0 Å². The van der Waals surface area contributed by atoms with Crippen LogP contribution in [0.4, 0.5) is 0 Å². The average Bonchev–Trinajstić information content (AvgIpc) is 2.61. The van der Waals surface area contributed by atoms with Gasteiger partial charge in [-0.25, -0.2) is 9.78 Å². The van der Waals surface area contributed by atoms with Crippen LogP contribution in [0.1, 0.15) is 16.2 Å². The number of nitrogens with zero attached hydrogens (tertiary/aromatic N) is 2. The van der Waals surface area contributed by atoms with Crippen LogP contribution in [0.5, 0.6) is 5.75 Å². The van der Waals surface area contributed by atoms with Crippen molar-refractivity contribution in [1.82, 2.24) is 15.3 Å². The van der Waals surface area contributed by atoms with Gasteiger partial charge in [0.25, 0.3) is 5.91 Å². The van der Waals surface area contributed by atoms with Gasteiger partial charge in [-0.05, 0) is 24.3 Å². The lowest BCUT2D eigenvalue weighted by atomic mass is 10.2. The molecule has 24 heavy (non-hydrogen) atoms. The first kappa shape index (κ1) is 17.7. The second-order valence-electron chi connectivity index (χ2n) is 4.76. The number of aromatic hydroxyl groups is 1. The molecule has 0 saturated carbocycles. The fourth-order valence-electron chi connectivity index (χ4n) is 1.87. The molecule has 0 aliphatic heterocycles. The summed E-state index contributed by atoms with van der Waals surface area (Å²) < 4.78 is 4.72.